The summed E-state index contributed by atoms with van der Waals surface area (Å²) in [5.41, 5.74) is 4.36. The number of benzene rings is 1. The van der Waals surface area contributed by atoms with Crippen molar-refractivity contribution in [3.63, 3.8) is 0 Å². The second-order valence-corrected chi connectivity index (χ2v) is 11.9. The molecule has 40 heavy (non-hydrogen) atoms. The van der Waals surface area contributed by atoms with E-state index in [-0.39, 0.29) is 17.8 Å². The van der Waals surface area contributed by atoms with Crippen molar-refractivity contribution >= 4 is 40.5 Å². The molecule has 0 saturated carbocycles. The Morgan fingerprint density at radius 1 is 1.12 bits per heavy atom. The third kappa shape index (κ3) is 5.00. The lowest BCUT2D eigenvalue weighted by Crippen LogP contribution is -2.35. The average Bonchev–Trinajstić information content (AvgIpc) is 3.57. The van der Waals surface area contributed by atoms with Gasteiger partial charge in [0, 0.05) is 68.5 Å². The zero-order valence-electron chi connectivity index (χ0n) is 23.3. The standard InChI is InChI=1S/C30H37ClFN7O/c1-19-11-14-37(18-19)29-28(32)30-36(3)15-12-33-27(40)10-8-21-7-9-22(31)16-23(21)20(2)38-13-5-4-6-25(38)24-17-26(34-29)39(30)35-24/h7,9,16-17,19,25H,2,4-6,8,10-15,18H2,1,3H3,(H,33,40)/t19-,25?/m0/s1. The number of piperidine rings is 1. The Labute approximate surface area is 239 Å². The molecule has 2 atom stereocenters. The molecular weight excluding hydrogens is 529 g/mol. The number of aryl methyl sites for hydroxylation is 1. The predicted molar refractivity (Wildman–Crippen MR) is 157 cm³/mol. The highest BCUT2D eigenvalue weighted by Crippen LogP contribution is 2.39. The van der Waals surface area contributed by atoms with Gasteiger partial charge in [0.1, 0.15) is 0 Å². The summed E-state index contributed by atoms with van der Waals surface area (Å²) in [4.78, 5) is 23.8. The lowest BCUT2D eigenvalue weighted by Gasteiger charge is -2.38. The van der Waals surface area contributed by atoms with Crippen molar-refractivity contribution in [3.8, 4) is 0 Å². The minimum atomic E-state index is -0.375. The smallest absolute Gasteiger partial charge is 0.220 e. The molecule has 0 radical (unpaired) electrons. The molecular formula is C30H37ClFN7O. The zero-order valence-corrected chi connectivity index (χ0v) is 24.1. The quantitative estimate of drug-likeness (QED) is 0.445. The Bertz CT molecular complexity index is 1460. The van der Waals surface area contributed by atoms with E-state index in [0.29, 0.717) is 54.2 Å². The van der Waals surface area contributed by atoms with E-state index in [0.717, 1.165) is 67.8 Å². The Hall–Kier alpha value is -3.33. The topological polar surface area (TPSA) is 69.0 Å². The summed E-state index contributed by atoms with van der Waals surface area (Å²) in [5, 5.41) is 8.62. The monoisotopic (exact) mass is 565 g/mol. The lowest BCUT2D eigenvalue weighted by atomic mass is 9.94. The van der Waals surface area contributed by atoms with Gasteiger partial charge in [0.25, 0.3) is 0 Å². The van der Waals surface area contributed by atoms with Gasteiger partial charge in [0.2, 0.25) is 11.7 Å². The minimum Gasteiger partial charge on any atom is -0.363 e. The van der Waals surface area contributed by atoms with Gasteiger partial charge in [-0.1, -0.05) is 31.2 Å². The summed E-state index contributed by atoms with van der Waals surface area (Å²) >= 11 is 6.44. The van der Waals surface area contributed by atoms with Crippen LogP contribution < -0.4 is 15.1 Å². The largest absolute Gasteiger partial charge is 0.363 e. The maximum Gasteiger partial charge on any atom is 0.220 e. The van der Waals surface area contributed by atoms with Gasteiger partial charge in [-0.05, 0) is 55.7 Å². The van der Waals surface area contributed by atoms with Gasteiger partial charge in [-0.3, -0.25) is 4.79 Å². The molecule has 3 aromatic rings. The molecule has 1 amide bonds. The van der Waals surface area contributed by atoms with Crippen LogP contribution in [0.1, 0.15) is 61.9 Å². The highest BCUT2D eigenvalue weighted by Gasteiger charge is 2.32. The third-order valence-corrected chi connectivity index (χ3v) is 8.81. The van der Waals surface area contributed by atoms with E-state index in [2.05, 4.69) is 23.7 Å². The van der Waals surface area contributed by atoms with Crippen LogP contribution in [0.2, 0.25) is 5.02 Å². The number of hydrogen-bond acceptors (Lipinski definition) is 6. The van der Waals surface area contributed by atoms with Crippen LogP contribution in [0.25, 0.3) is 11.3 Å². The molecule has 212 valence electrons. The van der Waals surface area contributed by atoms with Gasteiger partial charge < -0.3 is 20.0 Å². The van der Waals surface area contributed by atoms with Crippen LogP contribution in [-0.2, 0) is 11.2 Å². The van der Waals surface area contributed by atoms with E-state index in [1.165, 1.54) is 0 Å². The van der Waals surface area contributed by atoms with Crippen molar-refractivity contribution in [1.29, 1.82) is 0 Å². The number of carbonyl (C=O) groups is 1. The van der Waals surface area contributed by atoms with Crippen LogP contribution in [0.4, 0.5) is 16.0 Å². The highest BCUT2D eigenvalue weighted by molar-refractivity contribution is 6.30. The maximum atomic E-state index is 16.3. The fourth-order valence-corrected chi connectivity index (χ4v) is 6.53. The summed E-state index contributed by atoms with van der Waals surface area (Å²) in [6.45, 7) is 9.91. The summed E-state index contributed by atoms with van der Waals surface area (Å²) in [6, 6.07) is 7.80. The van der Waals surface area contributed by atoms with E-state index in [1.54, 1.807) is 4.52 Å². The van der Waals surface area contributed by atoms with Crippen molar-refractivity contribution in [3.05, 3.63) is 58.5 Å². The van der Waals surface area contributed by atoms with Gasteiger partial charge in [0.05, 0.1) is 11.7 Å². The molecule has 8 nitrogen and oxygen atoms in total. The van der Waals surface area contributed by atoms with Crippen LogP contribution in [-0.4, -0.2) is 65.2 Å². The number of aromatic nitrogens is 3. The lowest BCUT2D eigenvalue weighted by molar-refractivity contribution is -0.120. The van der Waals surface area contributed by atoms with Crippen LogP contribution in [0.5, 0.6) is 0 Å². The molecule has 1 unspecified atom stereocenters. The molecule has 2 aromatic heterocycles. The normalized spacial score (nSPS) is 22.6. The van der Waals surface area contributed by atoms with E-state index < -0.39 is 0 Å². The van der Waals surface area contributed by atoms with Crippen molar-refractivity contribution in [2.75, 3.05) is 49.6 Å². The molecule has 0 spiro atoms. The van der Waals surface area contributed by atoms with Crippen molar-refractivity contribution in [1.82, 2.24) is 24.8 Å². The average molecular weight is 566 g/mol. The van der Waals surface area contributed by atoms with E-state index >= 15 is 4.39 Å². The number of carbonyl (C=O) groups excluding carboxylic acids is 1. The first-order valence-corrected chi connectivity index (χ1v) is 14.7. The molecule has 2 fully saturated rings. The zero-order chi connectivity index (χ0) is 28.0. The summed E-state index contributed by atoms with van der Waals surface area (Å²) in [6.07, 6.45) is 4.95. The number of nitrogens with zero attached hydrogens (tertiary/aromatic N) is 6. The van der Waals surface area contributed by atoms with E-state index in [1.807, 2.05) is 41.1 Å². The second-order valence-electron chi connectivity index (χ2n) is 11.5. The first kappa shape index (κ1) is 26.9. The highest BCUT2D eigenvalue weighted by atomic mass is 35.5. The number of rotatable bonds is 1. The van der Waals surface area contributed by atoms with Gasteiger partial charge in [-0.15, -0.1) is 0 Å². The van der Waals surface area contributed by atoms with Crippen LogP contribution in [0.3, 0.4) is 0 Å². The summed E-state index contributed by atoms with van der Waals surface area (Å²) in [7, 11) is 1.85. The first-order chi connectivity index (χ1) is 19.3. The number of nitrogens with one attached hydrogen (secondary N) is 1. The molecule has 1 N–H and O–H groups in total. The molecule has 10 heteroatoms. The summed E-state index contributed by atoms with van der Waals surface area (Å²) < 4.78 is 17.9. The fourth-order valence-electron chi connectivity index (χ4n) is 6.36. The van der Waals surface area contributed by atoms with Crippen LogP contribution in [0.15, 0.2) is 30.8 Å². The number of halogens is 2. The molecule has 2 bridgehead atoms. The van der Waals surface area contributed by atoms with Gasteiger partial charge in [-0.25, -0.2) is 4.98 Å². The number of hydrogen-bond donors (Lipinski definition) is 1. The molecule has 1 aromatic carbocycles. The predicted octanol–water partition coefficient (Wildman–Crippen LogP) is 5.06. The Kier molecular flexibility index (Phi) is 7.33. The molecule has 3 aliphatic rings. The number of fused-ring (bicyclic) bond motifs is 4. The first-order valence-electron chi connectivity index (χ1n) is 14.4. The number of likely N-dealkylation sites (N-methyl/N-ethyl adjacent to an activating group) is 1. The molecule has 0 aliphatic carbocycles. The van der Waals surface area contributed by atoms with Gasteiger partial charge in [0.15, 0.2) is 17.3 Å². The summed E-state index contributed by atoms with van der Waals surface area (Å²) in [5.74, 6) is 0.809. The van der Waals surface area contributed by atoms with Crippen LogP contribution >= 0.6 is 11.6 Å². The maximum absolute atomic E-state index is 16.3. The SMILES string of the molecule is C=C1c2cc(Cl)ccc2CCC(=O)NCCN(C)c2c(F)c(N3CC[C@H](C)C3)nc3cc(nn23)C2CCCCN12. The molecule has 2 saturated heterocycles. The molecule has 6 rings (SSSR count). The van der Waals surface area contributed by atoms with E-state index in [4.69, 9.17) is 21.7 Å². The van der Waals surface area contributed by atoms with Crippen LogP contribution in [0, 0.1) is 11.7 Å². The van der Waals surface area contributed by atoms with Gasteiger partial charge in [-0.2, -0.15) is 14.0 Å². The van der Waals surface area contributed by atoms with Crippen molar-refractivity contribution < 1.29 is 9.18 Å². The number of amides is 1. The minimum absolute atomic E-state index is 0.0255. The Morgan fingerprint density at radius 2 is 1.98 bits per heavy atom. The third-order valence-electron chi connectivity index (χ3n) is 8.57. The second kappa shape index (κ2) is 10.9. The fraction of sp³-hybridized carbons (Fsp3) is 0.500. The molecule has 5 heterocycles. The Morgan fingerprint density at radius 3 is 2.77 bits per heavy atom. The van der Waals surface area contributed by atoms with Gasteiger partial charge >= 0.3 is 0 Å². The van der Waals surface area contributed by atoms with Crippen molar-refractivity contribution in [2.45, 2.75) is 51.5 Å². The molecule has 3 aliphatic heterocycles. The van der Waals surface area contributed by atoms with E-state index in [9.17, 15) is 4.79 Å². The van der Waals surface area contributed by atoms with Crippen molar-refractivity contribution in [2.24, 2.45) is 5.92 Å². The number of anilines is 2. The Balaban J connectivity index is 1.49.